The third-order valence-electron chi connectivity index (χ3n) is 3.16. The molecule has 19 heavy (non-hydrogen) atoms. The molecular formula is C13H18N2O4. The summed E-state index contributed by atoms with van der Waals surface area (Å²) >= 11 is 0. The molecule has 0 bridgehead atoms. The van der Waals surface area contributed by atoms with Crippen LogP contribution in [0.2, 0.25) is 0 Å². The van der Waals surface area contributed by atoms with Gasteiger partial charge in [-0.1, -0.05) is 0 Å². The lowest BCUT2D eigenvalue weighted by Gasteiger charge is -2.30. The molecule has 1 unspecified atom stereocenters. The fourth-order valence-corrected chi connectivity index (χ4v) is 2.23. The van der Waals surface area contributed by atoms with Crippen LogP contribution >= 0.6 is 0 Å². The molecule has 1 aromatic rings. The van der Waals surface area contributed by atoms with Gasteiger partial charge in [-0.3, -0.25) is 9.59 Å². The Morgan fingerprint density at radius 2 is 2.37 bits per heavy atom. The SMILES string of the molecule is CCOC(=O)C1CCCN(C(=O)c2cnc(C)o2)C1. The second-order valence-corrected chi connectivity index (χ2v) is 4.59. The van der Waals surface area contributed by atoms with Gasteiger partial charge in [0, 0.05) is 20.0 Å². The first-order valence-electron chi connectivity index (χ1n) is 6.50. The van der Waals surface area contributed by atoms with E-state index < -0.39 is 0 Å². The van der Waals surface area contributed by atoms with Crippen molar-refractivity contribution in [2.75, 3.05) is 19.7 Å². The van der Waals surface area contributed by atoms with E-state index in [2.05, 4.69) is 4.98 Å². The fraction of sp³-hybridized carbons (Fsp3) is 0.615. The molecule has 1 aliphatic heterocycles. The molecule has 0 aliphatic carbocycles. The van der Waals surface area contributed by atoms with Crippen LogP contribution in [0.5, 0.6) is 0 Å². The Balaban J connectivity index is 2.01. The van der Waals surface area contributed by atoms with Crippen molar-refractivity contribution in [2.45, 2.75) is 26.7 Å². The monoisotopic (exact) mass is 266 g/mol. The number of rotatable bonds is 3. The van der Waals surface area contributed by atoms with Gasteiger partial charge in [-0.25, -0.2) is 4.98 Å². The molecular weight excluding hydrogens is 248 g/mol. The van der Waals surface area contributed by atoms with Crippen molar-refractivity contribution < 1.29 is 18.7 Å². The number of carbonyl (C=O) groups excluding carboxylic acids is 2. The van der Waals surface area contributed by atoms with Gasteiger partial charge >= 0.3 is 5.97 Å². The number of hydrogen-bond acceptors (Lipinski definition) is 5. The van der Waals surface area contributed by atoms with Gasteiger partial charge in [0.15, 0.2) is 5.89 Å². The van der Waals surface area contributed by atoms with Crippen molar-refractivity contribution >= 4 is 11.9 Å². The van der Waals surface area contributed by atoms with Crippen molar-refractivity contribution in [1.29, 1.82) is 0 Å². The van der Waals surface area contributed by atoms with Gasteiger partial charge in [-0.2, -0.15) is 0 Å². The van der Waals surface area contributed by atoms with E-state index in [-0.39, 0.29) is 23.6 Å². The van der Waals surface area contributed by atoms with Crippen LogP contribution in [0.3, 0.4) is 0 Å². The molecule has 0 spiro atoms. The lowest BCUT2D eigenvalue weighted by atomic mass is 9.98. The topological polar surface area (TPSA) is 72.6 Å². The van der Waals surface area contributed by atoms with E-state index in [9.17, 15) is 9.59 Å². The van der Waals surface area contributed by atoms with Gasteiger partial charge in [0.2, 0.25) is 5.76 Å². The van der Waals surface area contributed by atoms with E-state index in [1.165, 1.54) is 6.20 Å². The van der Waals surface area contributed by atoms with Crippen LogP contribution in [0.15, 0.2) is 10.6 Å². The number of aromatic nitrogens is 1. The number of piperidine rings is 1. The van der Waals surface area contributed by atoms with Gasteiger partial charge in [0.05, 0.1) is 18.7 Å². The molecule has 2 heterocycles. The number of likely N-dealkylation sites (tertiary alicyclic amines) is 1. The van der Waals surface area contributed by atoms with Crippen LogP contribution in [-0.4, -0.2) is 41.5 Å². The highest BCUT2D eigenvalue weighted by Gasteiger charge is 2.30. The highest BCUT2D eigenvalue weighted by atomic mass is 16.5. The second-order valence-electron chi connectivity index (χ2n) is 4.59. The lowest BCUT2D eigenvalue weighted by Crippen LogP contribution is -2.42. The molecule has 1 saturated heterocycles. The third-order valence-corrected chi connectivity index (χ3v) is 3.16. The van der Waals surface area contributed by atoms with Crippen LogP contribution in [0.25, 0.3) is 0 Å². The number of ether oxygens (including phenoxy) is 1. The van der Waals surface area contributed by atoms with Crippen molar-refractivity contribution in [1.82, 2.24) is 9.88 Å². The summed E-state index contributed by atoms with van der Waals surface area (Å²) in [5.74, 6) is 0.00864. The van der Waals surface area contributed by atoms with Crippen molar-refractivity contribution in [2.24, 2.45) is 5.92 Å². The summed E-state index contributed by atoms with van der Waals surface area (Å²) in [6, 6.07) is 0. The van der Waals surface area contributed by atoms with Crippen molar-refractivity contribution in [3.63, 3.8) is 0 Å². The van der Waals surface area contributed by atoms with E-state index in [0.717, 1.165) is 12.8 Å². The minimum Gasteiger partial charge on any atom is -0.466 e. The minimum absolute atomic E-state index is 0.213. The minimum atomic E-state index is -0.235. The van der Waals surface area contributed by atoms with E-state index in [4.69, 9.17) is 9.15 Å². The zero-order valence-electron chi connectivity index (χ0n) is 11.2. The summed E-state index contributed by atoms with van der Waals surface area (Å²) in [6.07, 6.45) is 2.98. The van der Waals surface area contributed by atoms with Crippen molar-refractivity contribution in [3.05, 3.63) is 17.8 Å². The Morgan fingerprint density at radius 3 is 3.00 bits per heavy atom. The molecule has 6 heteroatoms. The first kappa shape index (κ1) is 13.6. The molecule has 1 fully saturated rings. The van der Waals surface area contributed by atoms with E-state index in [1.807, 2.05) is 0 Å². The quantitative estimate of drug-likeness (QED) is 0.773. The Hall–Kier alpha value is -1.85. The molecule has 0 aromatic carbocycles. The predicted molar refractivity (Wildman–Crippen MR) is 66.5 cm³/mol. The molecule has 6 nitrogen and oxygen atoms in total. The average molecular weight is 266 g/mol. The number of hydrogen-bond donors (Lipinski definition) is 0. The third kappa shape index (κ3) is 3.13. The summed E-state index contributed by atoms with van der Waals surface area (Å²) in [7, 11) is 0. The standard InChI is InChI=1S/C13H18N2O4/c1-3-18-13(17)10-5-4-6-15(8-10)12(16)11-7-14-9(2)19-11/h7,10H,3-6,8H2,1-2H3. The van der Waals surface area contributed by atoms with Gasteiger partial charge < -0.3 is 14.1 Å². The van der Waals surface area contributed by atoms with E-state index >= 15 is 0 Å². The van der Waals surface area contributed by atoms with Crippen molar-refractivity contribution in [3.8, 4) is 0 Å². The van der Waals surface area contributed by atoms with E-state index in [1.54, 1.807) is 18.7 Å². The summed E-state index contributed by atoms with van der Waals surface area (Å²) in [4.78, 5) is 29.4. The maximum atomic E-state index is 12.2. The summed E-state index contributed by atoms with van der Waals surface area (Å²) in [6.45, 7) is 4.85. The average Bonchev–Trinajstić information content (AvgIpc) is 2.85. The number of aryl methyl sites for hydroxylation is 1. The van der Waals surface area contributed by atoms with Crippen LogP contribution in [0.1, 0.15) is 36.2 Å². The summed E-state index contributed by atoms with van der Waals surface area (Å²) in [5.41, 5.74) is 0. The molecule has 0 radical (unpaired) electrons. The first-order valence-corrected chi connectivity index (χ1v) is 6.50. The van der Waals surface area contributed by atoms with Crippen LogP contribution in [0.4, 0.5) is 0 Å². The molecule has 0 N–H and O–H groups in total. The van der Waals surface area contributed by atoms with Crippen LogP contribution in [-0.2, 0) is 9.53 Å². The van der Waals surface area contributed by atoms with Gasteiger partial charge in [-0.15, -0.1) is 0 Å². The van der Waals surface area contributed by atoms with Gasteiger partial charge in [-0.05, 0) is 19.8 Å². The fourth-order valence-electron chi connectivity index (χ4n) is 2.23. The number of carbonyl (C=O) groups is 2. The molecule has 2 rings (SSSR count). The number of nitrogens with zero attached hydrogens (tertiary/aromatic N) is 2. The highest BCUT2D eigenvalue weighted by Crippen LogP contribution is 2.20. The molecule has 1 atom stereocenters. The Kier molecular flexibility index (Phi) is 4.19. The van der Waals surface area contributed by atoms with Crippen LogP contribution < -0.4 is 0 Å². The Morgan fingerprint density at radius 1 is 1.58 bits per heavy atom. The smallest absolute Gasteiger partial charge is 0.310 e. The largest absolute Gasteiger partial charge is 0.466 e. The zero-order chi connectivity index (χ0) is 13.8. The maximum absolute atomic E-state index is 12.2. The molecule has 104 valence electrons. The Labute approximate surface area is 111 Å². The normalized spacial score (nSPS) is 19.3. The molecule has 0 saturated carbocycles. The number of amides is 1. The van der Waals surface area contributed by atoms with Gasteiger partial charge in [0.25, 0.3) is 5.91 Å². The maximum Gasteiger partial charge on any atom is 0.310 e. The summed E-state index contributed by atoms with van der Waals surface area (Å²) in [5, 5.41) is 0. The van der Waals surface area contributed by atoms with E-state index in [0.29, 0.717) is 25.6 Å². The lowest BCUT2D eigenvalue weighted by molar-refractivity contribution is -0.149. The first-order chi connectivity index (χ1) is 9.11. The Bertz CT molecular complexity index is 469. The molecule has 1 aliphatic rings. The predicted octanol–water partition coefficient (Wildman–Crippen LogP) is 1.40. The molecule has 1 aromatic heterocycles. The second kappa shape index (κ2) is 5.86. The van der Waals surface area contributed by atoms with Crippen LogP contribution in [0, 0.1) is 12.8 Å². The molecule has 1 amide bonds. The number of oxazole rings is 1. The summed E-state index contributed by atoms with van der Waals surface area (Å²) < 4.78 is 10.2. The number of esters is 1. The zero-order valence-corrected chi connectivity index (χ0v) is 11.2. The highest BCUT2D eigenvalue weighted by molar-refractivity contribution is 5.91. The van der Waals surface area contributed by atoms with Gasteiger partial charge in [0.1, 0.15) is 0 Å².